The zero-order valence-electron chi connectivity index (χ0n) is 42.8. The summed E-state index contributed by atoms with van der Waals surface area (Å²) in [5, 5.41) is 9.77. The Labute approximate surface area is 413 Å². The second-order valence-corrected chi connectivity index (χ2v) is 18.7. The monoisotopic (exact) mass is 975 g/mol. The van der Waals surface area contributed by atoms with Gasteiger partial charge in [0.05, 0.1) is 19.8 Å². The number of esters is 3. The molecule has 68 heavy (non-hydrogen) atoms. The number of hydrogen-bond acceptors (Lipinski definition) is 10. The molecule has 0 aromatic rings. The van der Waals surface area contributed by atoms with Crippen molar-refractivity contribution in [2.24, 2.45) is 0 Å². The highest BCUT2D eigenvalue weighted by Gasteiger charge is 2.28. The predicted molar refractivity (Wildman–Crippen MR) is 279 cm³/mol. The van der Waals surface area contributed by atoms with Gasteiger partial charge in [-0.2, -0.15) is 0 Å². The van der Waals surface area contributed by atoms with Crippen LogP contribution in [0, 0.1) is 0 Å². The molecule has 0 fully saturated rings. The SMILES string of the molecule is CC/C=C\C/C=C\C/C=C\CCCCCCCCCC(=O)OC(COC(=O)CCCCCCC/C=C\CCCC)COP(=O)(O)OCC(CO)OC(=O)CCCCC/C=C\C/C=C\C/C=C\CC. The topological polar surface area (TPSA) is 155 Å². The standard InChI is InChI=1S/C56H95O11P/c1-4-7-10-13-16-19-22-24-25-26-27-29-32-35-38-41-44-47-56(60)67-53(49-63-54(58)45-42-39-36-33-30-21-18-15-12-9-6-3)51-65-68(61,62)64-50-52(48-57)66-55(59)46-43-40-37-34-31-28-23-20-17-14-11-8-5-2/h7-8,10-11,15-20,24-25,28,31,52-53,57H,4-6,9,12-14,21-23,26-27,29-30,32-51H2,1-3H3,(H,61,62)/b10-7-,11-8-,18-15-,19-16-,20-17-,25-24-,31-28-. The number of rotatable bonds is 48. The lowest BCUT2D eigenvalue weighted by atomic mass is 10.1. The Hall–Kier alpha value is -3.34. The van der Waals surface area contributed by atoms with Crippen molar-refractivity contribution in [3.8, 4) is 0 Å². The molecule has 0 aliphatic heterocycles. The molecular weight excluding hydrogens is 880 g/mol. The van der Waals surface area contributed by atoms with Crippen LogP contribution in [0.2, 0.25) is 0 Å². The van der Waals surface area contributed by atoms with E-state index in [-0.39, 0.29) is 25.9 Å². The van der Waals surface area contributed by atoms with E-state index in [1.54, 1.807) is 0 Å². The quantitative estimate of drug-likeness (QED) is 0.0197. The van der Waals surface area contributed by atoms with Crippen molar-refractivity contribution in [3.63, 3.8) is 0 Å². The molecule has 0 aliphatic carbocycles. The van der Waals surface area contributed by atoms with Crippen LogP contribution in [0.4, 0.5) is 0 Å². The number of hydrogen-bond donors (Lipinski definition) is 2. The summed E-state index contributed by atoms with van der Waals surface area (Å²) in [6, 6.07) is 0. The lowest BCUT2D eigenvalue weighted by molar-refractivity contribution is -0.161. The molecule has 2 N–H and O–H groups in total. The first kappa shape index (κ1) is 64.7. The van der Waals surface area contributed by atoms with Gasteiger partial charge in [-0.05, 0) is 103 Å². The fourth-order valence-electron chi connectivity index (χ4n) is 6.78. The number of unbranched alkanes of at least 4 members (excludes halogenated alkanes) is 17. The Morgan fingerprint density at radius 3 is 1.21 bits per heavy atom. The van der Waals surface area contributed by atoms with Gasteiger partial charge < -0.3 is 24.2 Å². The van der Waals surface area contributed by atoms with Crippen LogP contribution in [-0.4, -0.2) is 66.5 Å². The zero-order chi connectivity index (χ0) is 49.9. The van der Waals surface area contributed by atoms with E-state index in [9.17, 15) is 28.9 Å². The highest BCUT2D eigenvalue weighted by molar-refractivity contribution is 7.47. The van der Waals surface area contributed by atoms with Gasteiger partial charge in [0.1, 0.15) is 12.7 Å². The van der Waals surface area contributed by atoms with E-state index in [1.165, 1.54) is 19.3 Å². The second kappa shape index (κ2) is 50.1. The molecule has 0 aliphatic rings. The van der Waals surface area contributed by atoms with Crippen molar-refractivity contribution in [1.29, 1.82) is 0 Å². The largest absolute Gasteiger partial charge is 0.472 e. The van der Waals surface area contributed by atoms with E-state index >= 15 is 0 Å². The van der Waals surface area contributed by atoms with Gasteiger partial charge in [0.15, 0.2) is 6.10 Å². The molecule has 0 radical (unpaired) electrons. The summed E-state index contributed by atoms with van der Waals surface area (Å²) in [6.45, 7) is 4.30. The van der Waals surface area contributed by atoms with Crippen molar-refractivity contribution in [2.75, 3.05) is 26.4 Å². The Morgan fingerprint density at radius 1 is 0.426 bits per heavy atom. The molecule has 0 saturated carbocycles. The molecule has 0 spiro atoms. The normalized spacial score (nSPS) is 14.1. The molecule has 0 heterocycles. The maximum absolute atomic E-state index is 12.9. The molecule has 12 heteroatoms. The summed E-state index contributed by atoms with van der Waals surface area (Å²) in [5.74, 6) is -1.52. The van der Waals surface area contributed by atoms with Gasteiger partial charge in [0.25, 0.3) is 0 Å². The van der Waals surface area contributed by atoms with Crippen molar-refractivity contribution in [3.05, 3.63) is 85.1 Å². The van der Waals surface area contributed by atoms with E-state index in [1.807, 2.05) is 0 Å². The maximum Gasteiger partial charge on any atom is 0.472 e. The summed E-state index contributed by atoms with van der Waals surface area (Å²) in [6.07, 6.45) is 55.5. The summed E-state index contributed by atoms with van der Waals surface area (Å²) in [5.41, 5.74) is 0. The molecule has 0 saturated heterocycles. The molecule has 0 aromatic heterocycles. The molecule has 0 amide bonds. The summed E-state index contributed by atoms with van der Waals surface area (Å²) in [7, 11) is -4.76. The van der Waals surface area contributed by atoms with E-state index < -0.39 is 57.8 Å². The fourth-order valence-corrected chi connectivity index (χ4v) is 7.56. The van der Waals surface area contributed by atoms with Crippen LogP contribution >= 0.6 is 7.82 Å². The van der Waals surface area contributed by atoms with Gasteiger partial charge in [0, 0.05) is 19.3 Å². The Morgan fingerprint density at radius 2 is 0.765 bits per heavy atom. The average molecular weight is 975 g/mol. The lowest BCUT2D eigenvalue weighted by Crippen LogP contribution is -2.30. The summed E-state index contributed by atoms with van der Waals surface area (Å²) < 4.78 is 39.3. The molecule has 0 bridgehead atoms. The van der Waals surface area contributed by atoms with Crippen molar-refractivity contribution in [2.45, 2.75) is 226 Å². The average Bonchev–Trinajstić information content (AvgIpc) is 3.32. The smallest absolute Gasteiger partial charge is 0.462 e. The first-order valence-corrected chi connectivity index (χ1v) is 28.0. The number of aliphatic hydroxyl groups is 1. The van der Waals surface area contributed by atoms with Crippen LogP contribution in [0.5, 0.6) is 0 Å². The maximum atomic E-state index is 12.9. The van der Waals surface area contributed by atoms with E-state index in [0.29, 0.717) is 19.3 Å². The zero-order valence-corrected chi connectivity index (χ0v) is 43.7. The number of allylic oxidation sites excluding steroid dienone is 14. The number of ether oxygens (including phenoxy) is 3. The third-order valence-corrected chi connectivity index (χ3v) is 11.7. The van der Waals surface area contributed by atoms with E-state index in [4.69, 9.17) is 23.3 Å². The summed E-state index contributed by atoms with van der Waals surface area (Å²) >= 11 is 0. The fraction of sp³-hybridized carbons (Fsp3) is 0.696. The van der Waals surface area contributed by atoms with Crippen LogP contribution < -0.4 is 0 Å². The van der Waals surface area contributed by atoms with Gasteiger partial charge in [-0.1, -0.05) is 176 Å². The van der Waals surface area contributed by atoms with Crippen molar-refractivity contribution >= 4 is 25.7 Å². The molecule has 390 valence electrons. The van der Waals surface area contributed by atoms with E-state index in [2.05, 4.69) is 106 Å². The highest BCUT2D eigenvalue weighted by Crippen LogP contribution is 2.43. The molecule has 3 atom stereocenters. The third kappa shape index (κ3) is 47.7. The minimum atomic E-state index is -4.76. The Balaban J connectivity index is 4.77. The first-order chi connectivity index (χ1) is 33.2. The van der Waals surface area contributed by atoms with Gasteiger partial charge in [-0.15, -0.1) is 0 Å². The number of carbonyl (C=O) groups is 3. The number of aliphatic hydroxyl groups excluding tert-OH is 1. The third-order valence-electron chi connectivity index (χ3n) is 10.8. The number of carbonyl (C=O) groups excluding carboxylic acids is 3. The summed E-state index contributed by atoms with van der Waals surface area (Å²) in [4.78, 5) is 48.3. The van der Waals surface area contributed by atoms with Crippen LogP contribution in [0.25, 0.3) is 0 Å². The number of phosphoric acid groups is 1. The van der Waals surface area contributed by atoms with Crippen LogP contribution in [0.1, 0.15) is 213 Å². The Bertz CT molecular complexity index is 1460. The van der Waals surface area contributed by atoms with Crippen LogP contribution in [0.15, 0.2) is 85.1 Å². The number of phosphoric ester groups is 1. The van der Waals surface area contributed by atoms with Crippen LogP contribution in [-0.2, 0) is 42.2 Å². The minimum absolute atomic E-state index is 0.138. The molecule has 11 nitrogen and oxygen atoms in total. The van der Waals surface area contributed by atoms with Gasteiger partial charge in [-0.3, -0.25) is 23.4 Å². The second-order valence-electron chi connectivity index (χ2n) is 17.3. The highest BCUT2D eigenvalue weighted by atomic mass is 31.2. The van der Waals surface area contributed by atoms with Gasteiger partial charge in [-0.25, -0.2) is 4.57 Å². The lowest BCUT2D eigenvalue weighted by Gasteiger charge is -2.21. The first-order valence-electron chi connectivity index (χ1n) is 26.5. The minimum Gasteiger partial charge on any atom is -0.462 e. The van der Waals surface area contributed by atoms with Crippen molar-refractivity contribution in [1.82, 2.24) is 0 Å². The molecule has 0 rings (SSSR count). The Kier molecular flexibility index (Phi) is 47.6. The predicted octanol–water partition coefficient (Wildman–Crippen LogP) is 15.1. The molecule has 3 unspecified atom stereocenters. The van der Waals surface area contributed by atoms with E-state index in [0.717, 1.165) is 135 Å². The van der Waals surface area contributed by atoms with Gasteiger partial charge in [0.2, 0.25) is 0 Å². The molecular formula is C56H95O11P. The van der Waals surface area contributed by atoms with Crippen molar-refractivity contribution < 1.29 is 52.2 Å². The van der Waals surface area contributed by atoms with Crippen LogP contribution in [0.3, 0.4) is 0 Å². The molecule has 0 aromatic carbocycles. The van der Waals surface area contributed by atoms with Gasteiger partial charge >= 0.3 is 25.7 Å².